The van der Waals surface area contributed by atoms with Crippen LogP contribution < -0.4 is 10.1 Å². The molecular weight excluding hydrogens is 288 g/mol. The normalized spacial score (nSPS) is 12.0. The minimum Gasteiger partial charge on any atom is -0.484 e. The van der Waals surface area contributed by atoms with E-state index in [1.807, 2.05) is 62.6 Å². The van der Waals surface area contributed by atoms with Gasteiger partial charge in [-0.25, -0.2) is 0 Å². The van der Waals surface area contributed by atoms with Gasteiger partial charge in [-0.05, 0) is 38.2 Å². The number of hydrogen-bond acceptors (Lipinski definition) is 3. The number of carbonyl (C=O) groups excluding carboxylic acids is 1. The summed E-state index contributed by atoms with van der Waals surface area (Å²) in [4.78, 5) is 14.1. The Hall–Kier alpha value is -2.33. The lowest BCUT2D eigenvalue weighted by Crippen LogP contribution is -2.42. The summed E-state index contributed by atoms with van der Waals surface area (Å²) >= 11 is 0. The first-order valence-corrected chi connectivity index (χ1v) is 7.80. The number of benzene rings is 2. The van der Waals surface area contributed by atoms with E-state index >= 15 is 0 Å². The Morgan fingerprint density at radius 1 is 1.04 bits per heavy atom. The van der Waals surface area contributed by atoms with E-state index < -0.39 is 0 Å². The van der Waals surface area contributed by atoms with Crippen LogP contribution in [0.5, 0.6) is 5.75 Å². The highest BCUT2D eigenvalue weighted by Crippen LogP contribution is 2.08. The Kier molecular flexibility index (Phi) is 6.63. The molecule has 0 saturated carbocycles. The molecule has 2 rings (SSSR count). The maximum absolute atomic E-state index is 11.9. The molecule has 122 valence electrons. The van der Waals surface area contributed by atoms with Gasteiger partial charge in [0, 0.05) is 12.6 Å². The van der Waals surface area contributed by atoms with E-state index in [0.717, 1.165) is 6.42 Å². The van der Waals surface area contributed by atoms with Gasteiger partial charge < -0.3 is 15.0 Å². The summed E-state index contributed by atoms with van der Waals surface area (Å²) in [7, 11) is 4.06. The molecule has 0 radical (unpaired) electrons. The SMILES string of the molecule is CN(C)C(CNC(=O)COc1ccccc1)Cc1ccccc1. The third-order valence-electron chi connectivity index (χ3n) is 3.69. The maximum atomic E-state index is 11.9. The van der Waals surface area contributed by atoms with Gasteiger partial charge in [0.15, 0.2) is 6.61 Å². The average molecular weight is 312 g/mol. The fraction of sp³-hybridized carbons (Fsp3) is 0.316. The summed E-state index contributed by atoms with van der Waals surface area (Å²) in [5.41, 5.74) is 1.26. The van der Waals surface area contributed by atoms with Gasteiger partial charge in [0.05, 0.1) is 0 Å². The molecule has 0 fully saturated rings. The van der Waals surface area contributed by atoms with Gasteiger partial charge in [-0.1, -0.05) is 48.5 Å². The predicted octanol–water partition coefficient (Wildman–Crippen LogP) is 2.35. The quantitative estimate of drug-likeness (QED) is 0.813. The van der Waals surface area contributed by atoms with E-state index in [2.05, 4.69) is 22.3 Å². The number of amides is 1. The van der Waals surface area contributed by atoms with Crippen molar-refractivity contribution < 1.29 is 9.53 Å². The number of para-hydroxylation sites is 1. The Labute approximate surface area is 138 Å². The summed E-state index contributed by atoms with van der Waals surface area (Å²) in [6.45, 7) is 0.633. The molecule has 0 aromatic heterocycles. The number of hydrogen-bond donors (Lipinski definition) is 1. The van der Waals surface area contributed by atoms with Crippen LogP contribution in [0.1, 0.15) is 5.56 Å². The Bertz CT molecular complexity index is 585. The fourth-order valence-corrected chi connectivity index (χ4v) is 2.27. The zero-order valence-corrected chi connectivity index (χ0v) is 13.7. The third-order valence-corrected chi connectivity index (χ3v) is 3.69. The predicted molar refractivity (Wildman–Crippen MR) is 92.6 cm³/mol. The second kappa shape index (κ2) is 8.96. The van der Waals surface area contributed by atoms with Crippen LogP contribution in [0.4, 0.5) is 0 Å². The number of carbonyl (C=O) groups is 1. The lowest BCUT2D eigenvalue weighted by atomic mass is 10.1. The summed E-state index contributed by atoms with van der Waals surface area (Å²) in [5, 5.41) is 2.95. The van der Waals surface area contributed by atoms with Crippen molar-refractivity contribution in [3.8, 4) is 5.75 Å². The molecular formula is C19H24N2O2. The van der Waals surface area contributed by atoms with Gasteiger partial charge >= 0.3 is 0 Å². The van der Waals surface area contributed by atoms with Crippen LogP contribution >= 0.6 is 0 Å². The van der Waals surface area contributed by atoms with Crippen molar-refractivity contribution in [3.63, 3.8) is 0 Å². The minimum absolute atomic E-state index is 0.0372. The van der Waals surface area contributed by atoms with E-state index in [9.17, 15) is 4.79 Å². The zero-order valence-electron chi connectivity index (χ0n) is 13.7. The Balaban J connectivity index is 1.78. The molecule has 4 nitrogen and oxygen atoms in total. The molecule has 1 unspecified atom stereocenters. The van der Waals surface area contributed by atoms with Crippen LogP contribution in [0.3, 0.4) is 0 Å². The van der Waals surface area contributed by atoms with Gasteiger partial charge in [0.1, 0.15) is 5.75 Å². The van der Waals surface area contributed by atoms with E-state index in [1.54, 1.807) is 0 Å². The van der Waals surface area contributed by atoms with Crippen molar-refractivity contribution in [2.24, 2.45) is 0 Å². The molecule has 0 aliphatic carbocycles. The van der Waals surface area contributed by atoms with E-state index in [0.29, 0.717) is 12.3 Å². The van der Waals surface area contributed by atoms with Gasteiger partial charge in [0.25, 0.3) is 5.91 Å². The molecule has 1 N–H and O–H groups in total. The van der Waals surface area contributed by atoms with Gasteiger partial charge in [-0.15, -0.1) is 0 Å². The number of nitrogens with one attached hydrogen (secondary N) is 1. The second-order valence-electron chi connectivity index (χ2n) is 5.71. The molecule has 2 aromatic rings. The van der Waals surface area contributed by atoms with Crippen molar-refractivity contribution in [2.45, 2.75) is 12.5 Å². The van der Waals surface area contributed by atoms with Gasteiger partial charge in [0.2, 0.25) is 0 Å². The van der Waals surface area contributed by atoms with Crippen LogP contribution in [0.25, 0.3) is 0 Å². The standard InChI is InChI=1S/C19H24N2O2/c1-21(2)17(13-16-9-5-3-6-10-16)14-20-19(22)15-23-18-11-7-4-8-12-18/h3-12,17H,13-15H2,1-2H3,(H,20,22). The Morgan fingerprint density at radius 2 is 1.65 bits per heavy atom. The van der Waals surface area contributed by atoms with Crippen LogP contribution in [0.2, 0.25) is 0 Å². The lowest BCUT2D eigenvalue weighted by Gasteiger charge is -2.24. The van der Waals surface area contributed by atoms with Crippen molar-refractivity contribution in [3.05, 3.63) is 66.2 Å². The van der Waals surface area contributed by atoms with Crippen molar-refractivity contribution in [1.82, 2.24) is 10.2 Å². The van der Waals surface area contributed by atoms with Crippen LogP contribution in [-0.2, 0) is 11.2 Å². The van der Waals surface area contributed by atoms with Crippen molar-refractivity contribution in [1.29, 1.82) is 0 Å². The second-order valence-corrected chi connectivity index (χ2v) is 5.71. The highest BCUT2D eigenvalue weighted by molar-refractivity contribution is 5.77. The summed E-state index contributed by atoms with van der Waals surface area (Å²) in [6, 6.07) is 19.9. The molecule has 1 atom stereocenters. The highest BCUT2D eigenvalue weighted by atomic mass is 16.5. The van der Waals surface area contributed by atoms with E-state index in [1.165, 1.54) is 5.56 Å². The molecule has 0 bridgehead atoms. The van der Waals surface area contributed by atoms with Gasteiger partial charge in [-0.2, -0.15) is 0 Å². The smallest absolute Gasteiger partial charge is 0.257 e. The molecule has 0 heterocycles. The van der Waals surface area contributed by atoms with Crippen LogP contribution in [-0.4, -0.2) is 44.1 Å². The fourth-order valence-electron chi connectivity index (χ4n) is 2.27. The average Bonchev–Trinajstić information content (AvgIpc) is 2.58. The molecule has 4 heteroatoms. The molecule has 0 aliphatic rings. The molecule has 23 heavy (non-hydrogen) atoms. The monoisotopic (exact) mass is 312 g/mol. The minimum atomic E-state index is -0.103. The number of ether oxygens (including phenoxy) is 1. The first kappa shape index (κ1) is 17.0. The molecule has 1 amide bonds. The molecule has 2 aromatic carbocycles. The van der Waals surface area contributed by atoms with E-state index in [4.69, 9.17) is 4.74 Å². The van der Waals surface area contributed by atoms with Crippen molar-refractivity contribution >= 4 is 5.91 Å². The molecule has 0 saturated heterocycles. The maximum Gasteiger partial charge on any atom is 0.257 e. The zero-order chi connectivity index (χ0) is 16.5. The molecule has 0 aliphatic heterocycles. The topological polar surface area (TPSA) is 41.6 Å². The largest absolute Gasteiger partial charge is 0.484 e. The first-order valence-electron chi connectivity index (χ1n) is 7.80. The third kappa shape index (κ3) is 6.12. The Morgan fingerprint density at radius 3 is 2.26 bits per heavy atom. The lowest BCUT2D eigenvalue weighted by molar-refractivity contribution is -0.123. The van der Waals surface area contributed by atoms with Crippen LogP contribution in [0, 0.1) is 0 Å². The van der Waals surface area contributed by atoms with E-state index in [-0.39, 0.29) is 18.6 Å². The van der Waals surface area contributed by atoms with Gasteiger partial charge in [-0.3, -0.25) is 4.79 Å². The molecule has 0 spiro atoms. The number of likely N-dealkylation sites (N-methyl/N-ethyl adjacent to an activating group) is 1. The van der Waals surface area contributed by atoms with Crippen molar-refractivity contribution in [2.75, 3.05) is 27.2 Å². The van der Waals surface area contributed by atoms with Crippen LogP contribution in [0.15, 0.2) is 60.7 Å². The summed E-state index contributed by atoms with van der Waals surface area (Å²) in [6.07, 6.45) is 0.896. The summed E-state index contributed by atoms with van der Waals surface area (Å²) < 4.78 is 5.45. The summed E-state index contributed by atoms with van der Waals surface area (Å²) in [5.74, 6) is 0.602. The number of rotatable bonds is 8. The first-order chi connectivity index (χ1) is 11.1. The number of nitrogens with zero attached hydrogens (tertiary/aromatic N) is 1. The highest BCUT2D eigenvalue weighted by Gasteiger charge is 2.13.